The lowest BCUT2D eigenvalue weighted by Crippen LogP contribution is -2.39. The third-order valence-electron chi connectivity index (χ3n) is 3.48. The molecule has 0 aromatic rings. The Morgan fingerprint density at radius 3 is 2.50 bits per heavy atom. The number of hydrogen-bond donors (Lipinski definition) is 0. The lowest BCUT2D eigenvalue weighted by atomic mass is 9.89. The van der Waals surface area contributed by atoms with E-state index >= 15 is 0 Å². The first kappa shape index (κ1) is 15.4. The van der Waals surface area contributed by atoms with E-state index in [1.807, 2.05) is 0 Å². The normalized spacial score (nSPS) is 25.3. The van der Waals surface area contributed by atoms with Crippen molar-refractivity contribution in [3.8, 4) is 0 Å². The van der Waals surface area contributed by atoms with Crippen LogP contribution in [0.5, 0.6) is 0 Å². The molecule has 0 radical (unpaired) electrons. The second kappa shape index (κ2) is 5.57. The summed E-state index contributed by atoms with van der Waals surface area (Å²) < 4.78 is 22.1. The molecule has 1 amide bonds. The molecule has 106 valence electrons. The summed E-state index contributed by atoms with van der Waals surface area (Å²) in [5.41, 5.74) is 0.129. The van der Waals surface area contributed by atoms with Crippen LogP contribution in [0.25, 0.3) is 0 Å². The first-order chi connectivity index (χ1) is 8.11. The first-order valence-electron chi connectivity index (χ1n) is 6.22. The number of nitrogens with zero attached hydrogens (tertiary/aromatic N) is 2. The minimum absolute atomic E-state index is 0.0627. The van der Waals surface area contributed by atoms with Crippen LogP contribution in [0.15, 0.2) is 0 Å². The summed E-state index contributed by atoms with van der Waals surface area (Å²) in [6.45, 7) is 4.91. The van der Waals surface area contributed by atoms with Crippen molar-refractivity contribution in [3.05, 3.63) is 0 Å². The Bertz CT molecular complexity index is 408. The molecule has 1 aliphatic heterocycles. The second-order valence-corrected chi connectivity index (χ2v) is 8.19. The van der Waals surface area contributed by atoms with E-state index in [0.29, 0.717) is 6.54 Å². The van der Waals surface area contributed by atoms with E-state index in [4.69, 9.17) is 0 Å². The fourth-order valence-electron chi connectivity index (χ4n) is 2.52. The molecule has 1 fully saturated rings. The van der Waals surface area contributed by atoms with Gasteiger partial charge in [0.05, 0.1) is 5.75 Å². The van der Waals surface area contributed by atoms with Crippen LogP contribution in [0.4, 0.5) is 0 Å². The van der Waals surface area contributed by atoms with Gasteiger partial charge in [-0.1, -0.05) is 6.92 Å². The SMILES string of the molecule is CN1CCC(C)(CN(C)C(=O)CCS(C)(=O)=O)C1. The third kappa shape index (κ3) is 4.94. The summed E-state index contributed by atoms with van der Waals surface area (Å²) in [7, 11) is 0.779. The van der Waals surface area contributed by atoms with Crippen molar-refractivity contribution in [2.24, 2.45) is 5.41 Å². The van der Waals surface area contributed by atoms with Crippen LogP contribution in [0.1, 0.15) is 19.8 Å². The average Bonchev–Trinajstić information content (AvgIpc) is 2.53. The Kier molecular flexibility index (Phi) is 4.78. The van der Waals surface area contributed by atoms with Gasteiger partial charge in [-0.05, 0) is 25.4 Å². The Hall–Kier alpha value is -0.620. The number of carbonyl (C=O) groups is 1. The average molecular weight is 276 g/mol. The van der Waals surface area contributed by atoms with Gasteiger partial charge >= 0.3 is 0 Å². The zero-order valence-electron chi connectivity index (χ0n) is 11.8. The molecule has 1 unspecified atom stereocenters. The summed E-state index contributed by atoms with van der Waals surface area (Å²) in [4.78, 5) is 15.8. The minimum atomic E-state index is -3.06. The van der Waals surface area contributed by atoms with Crippen molar-refractivity contribution in [1.29, 1.82) is 0 Å². The van der Waals surface area contributed by atoms with Crippen molar-refractivity contribution in [2.75, 3.05) is 45.7 Å². The fraction of sp³-hybridized carbons (Fsp3) is 0.917. The Labute approximate surface area is 110 Å². The quantitative estimate of drug-likeness (QED) is 0.721. The number of amides is 1. The number of sulfone groups is 1. The number of hydrogen-bond acceptors (Lipinski definition) is 4. The Balaban J connectivity index is 2.45. The smallest absolute Gasteiger partial charge is 0.223 e. The Morgan fingerprint density at radius 1 is 1.44 bits per heavy atom. The van der Waals surface area contributed by atoms with Gasteiger partial charge in [0.2, 0.25) is 5.91 Å². The highest BCUT2D eigenvalue weighted by Gasteiger charge is 2.33. The molecular formula is C12H24N2O3S. The van der Waals surface area contributed by atoms with E-state index in [0.717, 1.165) is 25.8 Å². The molecule has 0 aromatic carbocycles. The molecule has 1 atom stereocenters. The maximum Gasteiger partial charge on any atom is 0.223 e. The highest BCUT2D eigenvalue weighted by atomic mass is 32.2. The summed E-state index contributed by atoms with van der Waals surface area (Å²) in [6, 6.07) is 0. The van der Waals surface area contributed by atoms with Crippen molar-refractivity contribution in [2.45, 2.75) is 19.8 Å². The van der Waals surface area contributed by atoms with E-state index in [1.54, 1.807) is 11.9 Å². The van der Waals surface area contributed by atoms with Gasteiger partial charge < -0.3 is 9.80 Å². The summed E-state index contributed by atoms with van der Waals surface area (Å²) in [5, 5.41) is 0. The van der Waals surface area contributed by atoms with Gasteiger partial charge in [-0.3, -0.25) is 4.79 Å². The number of rotatable bonds is 5. The molecule has 0 bridgehead atoms. The highest BCUT2D eigenvalue weighted by Crippen LogP contribution is 2.29. The largest absolute Gasteiger partial charge is 0.345 e. The lowest BCUT2D eigenvalue weighted by Gasteiger charge is -2.30. The molecule has 18 heavy (non-hydrogen) atoms. The predicted molar refractivity (Wildman–Crippen MR) is 72.2 cm³/mol. The zero-order chi connectivity index (χ0) is 14.0. The van der Waals surface area contributed by atoms with Gasteiger partial charge in [-0.25, -0.2) is 8.42 Å². The molecule has 6 heteroatoms. The second-order valence-electron chi connectivity index (χ2n) is 5.93. The van der Waals surface area contributed by atoms with E-state index in [1.165, 1.54) is 0 Å². The van der Waals surface area contributed by atoms with E-state index in [-0.39, 0.29) is 23.5 Å². The molecule has 1 rings (SSSR count). The standard InChI is InChI=1S/C12H24N2O3S/c1-12(6-7-13(2)9-12)10-14(3)11(15)5-8-18(4,16)17/h5-10H2,1-4H3. The van der Waals surface area contributed by atoms with Gasteiger partial charge in [-0.2, -0.15) is 0 Å². The van der Waals surface area contributed by atoms with Crippen molar-refractivity contribution < 1.29 is 13.2 Å². The van der Waals surface area contributed by atoms with Crippen LogP contribution in [0.2, 0.25) is 0 Å². The molecule has 0 N–H and O–H groups in total. The molecular weight excluding hydrogens is 252 g/mol. The molecule has 1 aliphatic rings. The topological polar surface area (TPSA) is 57.7 Å². The van der Waals surface area contributed by atoms with Gasteiger partial charge in [0.1, 0.15) is 9.84 Å². The van der Waals surface area contributed by atoms with Crippen molar-refractivity contribution in [1.82, 2.24) is 9.80 Å². The summed E-state index contributed by atoms with van der Waals surface area (Å²) >= 11 is 0. The summed E-state index contributed by atoms with van der Waals surface area (Å²) in [5.74, 6) is -0.150. The fourth-order valence-corrected chi connectivity index (χ4v) is 3.07. The molecule has 0 saturated carbocycles. The van der Waals surface area contributed by atoms with Gasteiger partial charge in [0.15, 0.2) is 0 Å². The maximum atomic E-state index is 11.8. The van der Waals surface area contributed by atoms with E-state index < -0.39 is 9.84 Å². The van der Waals surface area contributed by atoms with Crippen LogP contribution < -0.4 is 0 Å². The van der Waals surface area contributed by atoms with Gasteiger partial charge in [0, 0.05) is 32.8 Å². The van der Waals surface area contributed by atoms with Crippen LogP contribution in [0.3, 0.4) is 0 Å². The van der Waals surface area contributed by atoms with Crippen molar-refractivity contribution in [3.63, 3.8) is 0 Å². The molecule has 0 aliphatic carbocycles. The number of carbonyl (C=O) groups excluding carboxylic acids is 1. The Morgan fingerprint density at radius 2 is 2.06 bits per heavy atom. The predicted octanol–water partition coefficient (Wildman–Crippen LogP) is 0.221. The first-order valence-corrected chi connectivity index (χ1v) is 8.28. The molecule has 5 nitrogen and oxygen atoms in total. The third-order valence-corrected chi connectivity index (χ3v) is 4.43. The van der Waals surface area contributed by atoms with Gasteiger partial charge in [0.25, 0.3) is 0 Å². The lowest BCUT2D eigenvalue weighted by molar-refractivity contribution is -0.130. The highest BCUT2D eigenvalue weighted by molar-refractivity contribution is 7.90. The molecule has 1 heterocycles. The van der Waals surface area contributed by atoms with Crippen LogP contribution in [0, 0.1) is 5.41 Å². The number of likely N-dealkylation sites (tertiary alicyclic amines) is 1. The molecule has 1 saturated heterocycles. The van der Waals surface area contributed by atoms with E-state index in [2.05, 4.69) is 18.9 Å². The zero-order valence-corrected chi connectivity index (χ0v) is 12.6. The van der Waals surface area contributed by atoms with Gasteiger partial charge in [-0.15, -0.1) is 0 Å². The van der Waals surface area contributed by atoms with Crippen LogP contribution >= 0.6 is 0 Å². The van der Waals surface area contributed by atoms with Crippen LogP contribution in [-0.2, 0) is 14.6 Å². The van der Waals surface area contributed by atoms with E-state index in [9.17, 15) is 13.2 Å². The minimum Gasteiger partial charge on any atom is -0.345 e. The van der Waals surface area contributed by atoms with Crippen LogP contribution in [-0.4, -0.2) is 69.9 Å². The monoisotopic (exact) mass is 276 g/mol. The molecule has 0 aromatic heterocycles. The maximum absolute atomic E-state index is 11.8. The summed E-state index contributed by atoms with van der Waals surface area (Å²) in [6.07, 6.45) is 2.32. The van der Waals surface area contributed by atoms with Crippen molar-refractivity contribution >= 4 is 15.7 Å². The molecule has 0 spiro atoms.